The largest absolute Gasteiger partial charge is 0.315 e. The fourth-order valence-corrected chi connectivity index (χ4v) is 2.32. The van der Waals surface area contributed by atoms with Crippen LogP contribution in [0.2, 0.25) is 0 Å². The molecule has 1 aliphatic rings. The van der Waals surface area contributed by atoms with Gasteiger partial charge in [0.1, 0.15) is 0 Å². The second kappa shape index (κ2) is 9.00. The van der Waals surface area contributed by atoms with Crippen LogP contribution >= 0.6 is 0 Å². The van der Waals surface area contributed by atoms with Crippen LogP contribution in [-0.4, -0.2) is 37.6 Å². The molecule has 0 aromatic rings. The Kier molecular flexibility index (Phi) is 7.87. The minimum atomic E-state index is 0.957. The molecule has 96 valence electrons. The summed E-state index contributed by atoms with van der Waals surface area (Å²) >= 11 is 0. The second-order valence-electron chi connectivity index (χ2n) is 5.33. The van der Waals surface area contributed by atoms with Crippen molar-refractivity contribution in [3.63, 3.8) is 0 Å². The Hall–Kier alpha value is -0.0800. The molecule has 0 atom stereocenters. The van der Waals surface area contributed by atoms with Gasteiger partial charge < -0.3 is 10.2 Å². The first kappa shape index (κ1) is 14.0. The van der Waals surface area contributed by atoms with Crippen LogP contribution in [0.4, 0.5) is 0 Å². The fourth-order valence-electron chi connectivity index (χ4n) is 2.32. The van der Waals surface area contributed by atoms with E-state index in [-0.39, 0.29) is 0 Å². The maximum atomic E-state index is 3.56. The van der Waals surface area contributed by atoms with Crippen molar-refractivity contribution in [1.82, 2.24) is 10.2 Å². The number of nitrogens with zero attached hydrogens (tertiary/aromatic N) is 1. The first-order valence-electron chi connectivity index (χ1n) is 7.26. The van der Waals surface area contributed by atoms with Gasteiger partial charge in [-0.2, -0.15) is 0 Å². The summed E-state index contributed by atoms with van der Waals surface area (Å²) < 4.78 is 0. The predicted molar refractivity (Wildman–Crippen MR) is 71.8 cm³/mol. The van der Waals surface area contributed by atoms with Crippen LogP contribution in [0.25, 0.3) is 0 Å². The van der Waals surface area contributed by atoms with Crippen LogP contribution in [-0.2, 0) is 0 Å². The van der Waals surface area contributed by atoms with Gasteiger partial charge in [0, 0.05) is 13.1 Å². The van der Waals surface area contributed by atoms with Gasteiger partial charge in [-0.25, -0.2) is 0 Å². The molecule has 1 rings (SSSR count). The summed E-state index contributed by atoms with van der Waals surface area (Å²) in [5.41, 5.74) is 0. The lowest BCUT2D eigenvalue weighted by molar-refractivity contribution is 0.193. The van der Waals surface area contributed by atoms with Gasteiger partial charge in [0.25, 0.3) is 0 Å². The second-order valence-corrected chi connectivity index (χ2v) is 5.33. The molecule has 1 saturated heterocycles. The molecule has 16 heavy (non-hydrogen) atoms. The van der Waals surface area contributed by atoms with Crippen molar-refractivity contribution in [3.8, 4) is 0 Å². The molecule has 0 aliphatic carbocycles. The standard InChI is InChI=1S/C14H30N2/c1-3-4-5-6-9-15-10-13-16-11-7-14(2)8-12-16/h14-15H,3-13H2,1-2H3. The number of rotatable bonds is 8. The number of unbranched alkanes of at least 4 members (excludes halogenated alkanes) is 3. The highest BCUT2D eigenvalue weighted by molar-refractivity contribution is 4.69. The van der Waals surface area contributed by atoms with Crippen molar-refractivity contribution < 1.29 is 0 Å². The third kappa shape index (κ3) is 6.49. The molecule has 2 heteroatoms. The topological polar surface area (TPSA) is 15.3 Å². The first-order chi connectivity index (χ1) is 7.83. The summed E-state index contributed by atoms with van der Waals surface area (Å²) in [4.78, 5) is 2.61. The molecule has 0 unspecified atom stereocenters. The van der Waals surface area contributed by atoms with Gasteiger partial charge in [-0.05, 0) is 44.8 Å². The molecule has 0 bridgehead atoms. The summed E-state index contributed by atoms with van der Waals surface area (Å²) in [6.45, 7) is 10.9. The van der Waals surface area contributed by atoms with Crippen LogP contribution in [0.1, 0.15) is 52.4 Å². The predicted octanol–water partition coefficient (Wildman–Crippen LogP) is 2.89. The summed E-state index contributed by atoms with van der Waals surface area (Å²) in [5, 5.41) is 3.56. The molecule has 1 heterocycles. The maximum absolute atomic E-state index is 3.56. The Morgan fingerprint density at radius 3 is 2.50 bits per heavy atom. The average molecular weight is 226 g/mol. The van der Waals surface area contributed by atoms with E-state index < -0.39 is 0 Å². The summed E-state index contributed by atoms with van der Waals surface area (Å²) in [7, 11) is 0. The third-order valence-corrected chi connectivity index (χ3v) is 3.69. The van der Waals surface area contributed by atoms with Gasteiger partial charge in [0.15, 0.2) is 0 Å². The summed E-state index contributed by atoms with van der Waals surface area (Å²) in [6, 6.07) is 0. The average Bonchev–Trinajstić information content (AvgIpc) is 2.30. The number of piperidine rings is 1. The number of hydrogen-bond donors (Lipinski definition) is 1. The summed E-state index contributed by atoms with van der Waals surface area (Å²) in [5.74, 6) is 0.957. The molecule has 1 fully saturated rings. The third-order valence-electron chi connectivity index (χ3n) is 3.69. The van der Waals surface area contributed by atoms with Crippen molar-refractivity contribution >= 4 is 0 Å². The Balaban J connectivity index is 1.84. The molecule has 0 spiro atoms. The van der Waals surface area contributed by atoms with Crippen molar-refractivity contribution in [2.75, 3.05) is 32.7 Å². The molecular formula is C14H30N2. The molecular weight excluding hydrogens is 196 g/mol. The van der Waals surface area contributed by atoms with Gasteiger partial charge in [0.05, 0.1) is 0 Å². The number of nitrogens with one attached hydrogen (secondary N) is 1. The minimum absolute atomic E-state index is 0.957. The van der Waals surface area contributed by atoms with Crippen molar-refractivity contribution in [1.29, 1.82) is 0 Å². The Labute approximate surface area is 102 Å². The molecule has 0 radical (unpaired) electrons. The van der Waals surface area contributed by atoms with Gasteiger partial charge in [-0.15, -0.1) is 0 Å². The van der Waals surface area contributed by atoms with E-state index in [9.17, 15) is 0 Å². The van der Waals surface area contributed by atoms with Gasteiger partial charge >= 0.3 is 0 Å². The SMILES string of the molecule is CCCCCCNCCN1CCC(C)CC1. The van der Waals surface area contributed by atoms with Crippen LogP contribution in [0.5, 0.6) is 0 Å². The molecule has 0 saturated carbocycles. The van der Waals surface area contributed by atoms with Crippen LogP contribution in [0.15, 0.2) is 0 Å². The molecule has 2 nitrogen and oxygen atoms in total. The van der Waals surface area contributed by atoms with E-state index >= 15 is 0 Å². The van der Waals surface area contributed by atoms with E-state index in [0.29, 0.717) is 0 Å². The van der Waals surface area contributed by atoms with E-state index in [0.717, 1.165) is 5.92 Å². The molecule has 1 N–H and O–H groups in total. The van der Waals surface area contributed by atoms with Crippen LogP contribution in [0.3, 0.4) is 0 Å². The van der Waals surface area contributed by atoms with Crippen molar-refractivity contribution in [2.24, 2.45) is 5.92 Å². The van der Waals surface area contributed by atoms with E-state index in [1.165, 1.54) is 71.2 Å². The highest BCUT2D eigenvalue weighted by Crippen LogP contribution is 2.14. The Morgan fingerprint density at radius 1 is 1.06 bits per heavy atom. The number of likely N-dealkylation sites (tertiary alicyclic amines) is 1. The number of hydrogen-bond acceptors (Lipinski definition) is 2. The van der Waals surface area contributed by atoms with Gasteiger partial charge in [-0.3, -0.25) is 0 Å². The van der Waals surface area contributed by atoms with E-state index in [2.05, 4.69) is 24.1 Å². The van der Waals surface area contributed by atoms with E-state index in [1.54, 1.807) is 0 Å². The van der Waals surface area contributed by atoms with Crippen molar-refractivity contribution in [2.45, 2.75) is 52.4 Å². The molecule has 0 aromatic carbocycles. The monoisotopic (exact) mass is 226 g/mol. The lowest BCUT2D eigenvalue weighted by atomic mass is 9.99. The zero-order valence-electron chi connectivity index (χ0n) is 11.3. The lowest BCUT2D eigenvalue weighted by Crippen LogP contribution is -2.37. The fraction of sp³-hybridized carbons (Fsp3) is 1.00. The highest BCUT2D eigenvalue weighted by atomic mass is 15.1. The highest BCUT2D eigenvalue weighted by Gasteiger charge is 2.14. The Morgan fingerprint density at radius 2 is 1.81 bits per heavy atom. The van der Waals surface area contributed by atoms with Gasteiger partial charge in [-0.1, -0.05) is 33.1 Å². The normalized spacial score (nSPS) is 19.1. The van der Waals surface area contributed by atoms with E-state index in [1.807, 2.05) is 0 Å². The van der Waals surface area contributed by atoms with Crippen molar-refractivity contribution in [3.05, 3.63) is 0 Å². The zero-order chi connectivity index (χ0) is 11.6. The lowest BCUT2D eigenvalue weighted by Gasteiger charge is -2.30. The molecule has 0 amide bonds. The maximum Gasteiger partial charge on any atom is 0.0107 e. The quantitative estimate of drug-likeness (QED) is 0.640. The smallest absolute Gasteiger partial charge is 0.0107 e. The zero-order valence-corrected chi connectivity index (χ0v) is 11.3. The minimum Gasteiger partial charge on any atom is -0.315 e. The van der Waals surface area contributed by atoms with E-state index in [4.69, 9.17) is 0 Å². The molecule has 1 aliphatic heterocycles. The Bertz CT molecular complexity index is 151. The molecule has 0 aromatic heterocycles. The van der Waals surface area contributed by atoms with Gasteiger partial charge in [0.2, 0.25) is 0 Å². The van der Waals surface area contributed by atoms with Crippen LogP contribution < -0.4 is 5.32 Å². The summed E-state index contributed by atoms with van der Waals surface area (Å²) in [6.07, 6.45) is 8.28. The first-order valence-corrected chi connectivity index (χ1v) is 7.26. The van der Waals surface area contributed by atoms with Crippen LogP contribution in [0, 0.1) is 5.92 Å².